The Hall–Kier alpha value is -1.60. The molecule has 1 N–H and O–H groups in total. The van der Waals surface area contributed by atoms with E-state index in [0.717, 1.165) is 31.3 Å². The molecule has 0 aromatic carbocycles. The highest BCUT2D eigenvalue weighted by atomic mass is 16.5. The number of ether oxygens (including phenoxy) is 1. The summed E-state index contributed by atoms with van der Waals surface area (Å²) in [5.41, 5.74) is -1.40. The summed E-state index contributed by atoms with van der Waals surface area (Å²) in [4.78, 5) is 13.2. The fraction of sp³-hybridized carbons (Fsp3) is 0.760. The maximum absolute atomic E-state index is 13.2. The summed E-state index contributed by atoms with van der Waals surface area (Å²) in [5.74, 6) is 0.645. The number of fused-ring (bicyclic) bond motifs is 2. The fourth-order valence-electron chi connectivity index (χ4n) is 8.08. The number of carboxylic acids is 1. The van der Waals surface area contributed by atoms with Crippen LogP contribution in [0.25, 0.3) is 0 Å². The molecule has 158 valence electrons. The van der Waals surface area contributed by atoms with Crippen LogP contribution in [-0.2, 0) is 9.53 Å². The van der Waals surface area contributed by atoms with Gasteiger partial charge in [0.15, 0.2) is 0 Å². The third-order valence-electron chi connectivity index (χ3n) is 9.01. The lowest BCUT2D eigenvalue weighted by Crippen LogP contribution is -2.62. The van der Waals surface area contributed by atoms with Crippen LogP contribution in [0.5, 0.6) is 0 Å². The van der Waals surface area contributed by atoms with Gasteiger partial charge in [0, 0.05) is 5.41 Å². The largest absolute Gasteiger partial charge is 0.481 e. The number of aliphatic carboxylic acids is 1. The van der Waals surface area contributed by atoms with Gasteiger partial charge in [0.2, 0.25) is 0 Å². The molecule has 3 saturated carbocycles. The number of nitriles is 1. The van der Waals surface area contributed by atoms with Gasteiger partial charge in [-0.2, -0.15) is 5.26 Å². The first-order chi connectivity index (χ1) is 13.8. The molecule has 0 aromatic rings. The molecule has 4 bridgehead atoms. The first kappa shape index (κ1) is 20.7. The third kappa shape index (κ3) is 2.31. The zero-order valence-electron chi connectivity index (χ0n) is 18.3. The second-order valence-corrected chi connectivity index (χ2v) is 10.3. The van der Waals surface area contributed by atoms with Crippen molar-refractivity contribution in [1.29, 1.82) is 5.26 Å². The van der Waals surface area contributed by atoms with E-state index in [1.807, 2.05) is 6.08 Å². The molecule has 0 amide bonds. The molecule has 7 unspecified atom stereocenters. The maximum Gasteiger partial charge on any atom is 0.316 e. The molecule has 4 aliphatic carbocycles. The van der Waals surface area contributed by atoms with Crippen molar-refractivity contribution >= 4 is 5.97 Å². The number of nitrogens with zero attached hydrogens (tertiary/aromatic N) is 1. The minimum Gasteiger partial charge on any atom is -0.481 e. The molecular weight excluding hydrogens is 362 g/mol. The molecule has 29 heavy (non-hydrogen) atoms. The Labute approximate surface area is 175 Å². The van der Waals surface area contributed by atoms with Crippen molar-refractivity contribution in [1.82, 2.24) is 0 Å². The van der Waals surface area contributed by atoms with Crippen molar-refractivity contribution in [2.75, 3.05) is 13.2 Å². The van der Waals surface area contributed by atoms with Crippen LogP contribution in [0.4, 0.5) is 0 Å². The summed E-state index contributed by atoms with van der Waals surface area (Å²) in [7, 11) is 0. The van der Waals surface area contributed by atoms with Crippen molar-refractivity contribution < 1.29 is 14.6 Å². The normalized spacial score (nSPS) is 44.9. The van der Waals surface area contributed by atoms with Gasteiger partial charge in [-0.3, -0.25) is 4.79 Å². The average Bonchev–Trinajstić information content (AvgIpc) is 3.25. The molecular formula is C25H35NO3. The van der Waals surface area contributed by atoms with Crippen LogP contribution >= 0.6 is 0 Å². The predicted octanol–water partition coefficient (Wildman–Crippen LogP) is 5.22. The summed E-state index contributed by atoms with van der Waals surface area (Å²) >= 11 is 0. The zero-order chi connectivity index (χ0) is 21.0. The van der Waals surface area contributed by atoms with E-state index in [1.165, 1.54) is 0 Å². The minimum atomic E-state index is -1.10. The molecule has 4 heteroatoms. The van der Waals surface area contributed by atoms with E-state index in [-0.39, 0.29) is 17.8 Å². The van der Waals surface area contributed by atoms with E-state index < -0.39 is 22.2 Å². The number of hydrogen-bond acceptors (Lipinski definition) is 3. The lowest BCUT2D eigenvalue weighted by molar-refractivity contribution is -0.178. The van der Waals surface area contributed by atoms with Crippen LogP contribution in [0.2, 0.25) is 0 Å². The highest BCUT2D eigenvalue weighted by Gasteiger charge is 2.84. The van der Waals surface area contributed by atoms with E-state index in [4.69, 9.17) is 4.74 Å². The lowest BCUT2D eigenvalue weighted by Gasteiger charge is -2.57. The third-order valence-corrected chi connectivity index (χ3v) is 9.01. The number of carbonyl (C=O) groups is 1. The van der Waals surface area contributed by atoms with Crippen LogP contribution < -0.4 is 0 Å². The quantitative estimate of drug-likeness (QED) is 0.472. The van der Waals surface area contributed by atoms with E-state index in [1.54, 1.807) is 0 Å². The zero-order valence-corrected chi connectivity index (χ0v) is 18.3. The van der Waals surface area contributed by atoms with E-state index >= 15 is 0 Å². The number of allylic oxidation sites excluding steroid dienone is 2. The average molecular weight is 398 g/mol. The van der Waals surface area contributed by atoms with E-state index in [0.29, 0.717) is 31.5 Å². The summed E-state index contributed by atoms with van der Waals surface area (Å²) in [6, 6.07) is 2.68. The lowest BCUT2D eigenvalue weighted by atomic mass is 9.43. The Kier molecular flexibility index (Phi) is 4.97. The monoisotopic (exact) mass is 397 g/mol. The smallest absolute Gasteiger partial charge is 0.316 e. The van der Waals surface area contributed by atoms with Crippen molar-refractivity contribution in [3.8, 4) is 6.07 Å². The molecule has 4 rings (SSSR count). The highest BCUT2D eigenvalue weighted by Crippen LogP contribution is 2.83. The first-order valence-electron chi connectivity index (χ1n) is 11.4. The molecule has 4 aliphatic rings. The van der Waals surface area contributed by atoms with Gasteiger partial charge >= 0.3 is 5.97 Å². The van der Waals surface area contributed by atoms with Gasteiger partial charge in [-0.1, -0.05) is 57.9 Å². The van der Waals surface area contributed by atoms with Crippen LogP contribution in [-0.4, -0.2) is 24.3 Å². The Balaban J connectivity index is 1.85. The number of hydrogen-bond donors (Lipinski definition) is 1. The number of rotatable bonds is 7. The molecule has 0 aliphatic heterocycles. The van der Waals surface area contributed by atoms with E-state index in [2.05, 4.69) is 45.9 Å². The molecule has 3 fully saturated rings. The van der Waals surface area contributed by atoms with Crippen molar-refractivity contribution in [3.63, 3.8) is 0 Å². The second kappa shape index (κ2) is 6.98. The van der Waals surface area contributed by atoms with Gasteiger partial charge in [0.05, 0.1) is 24.7 Å². The Bertz CT molecular complexity index is 792. The van der Waals surface area contributed by atoms with Crippen LogP contribution in [0.3, 0.4) is 0 Å². The van der Waals surface area contributed by atoms with Crippen molar-refractivity contribution in [2.24, 2.45) is 45.8 Å². The van der Waals surface area contributed by atoms with Gasteiger partial charge in [0.25, 0.3) is 0 Å². The summed E-state index contributed by atoms with van der Waals surface area (Å²) in [5, 5.41) is 21.4. The molecule has 0 spiro atoms. The van der Waals surface area contributed by atoms with Crippen LogP contribution in [0.1, 0.15) is 59.8 Å². The van der Waals surface area contributed by atoms with Crippen molar-refractivity contribution in [3.05, 3.63) is 23.8 Å². The standard InChI is InChI=1S/C25H35NO3/c1-5-6-7-10-29-15-24-13-19-17(4)8-9-20(19)23(14-26)12-18(24)11-21(16(2)3)25(23,24)22(27)28/h6-7,11,16-20H,5,8-10,12-13,15H2,1-4H3,(H,27,28)/b7-6+. The predicted molar refractivity (Wildman–Crippen MR) is 112 cm³/mol. The Morgan fingerprint density at radius 3 is 2.76 bits per heavy atom. The molecule has 0 saturated heterocycles. The van der Waals surface area contributed by atoms with Gasteiger partial charge in [-0.15, -0.1) is 0 Å². The molecule has 0 radical (unpaired) electrons. The van der Waals surface area contributed by atoms with Gasteiger partial charge in [-0.05, 0) is 55.3 Å². The molecule has 4 nitrogen and oxygen atoms in total. The Morgan fingerprint density at radius 2 is 2.14 bits per heavy atom. The summed E-state index contributed by atoms with van der Waals surface area (Å²) < 4.78 is 6.16. The Morgan fingerprint density at radius 1 is 1.38 bits per heavy atom. The van der Waals surface area contributed by atoms with Crippen LogP contribution in [0.15, 0.2) is 23.8 Å². The van der Waals surface area contributed by atoms with Gasteiger partial charge in [-0.25, -0.2) is 0 Å². The number of carboxylic acid groups (broad SMARTS) is 1. The summed E-state index contributed by atoms with van der Waals surface area (Å²) in [6.07, 6.45) is 11.0. The SMILES string of the molecule is CC/C=C/COCC12CC3C(C)CCC3C3(C#N)CC1C=C(C(C)C)C32C(=O)O. The minimum absolute atomic E-state index is 0.124. The highest BCUT2D eigenvalue weighted by molar-refractivity contribution is 5.85. The van der Waals surface area contributed by atoms with Gasteiger partial charge < -0.3 is 9.84 Å². The van der Waals surface area contributed by atoms with Gasteiger partial charge in [0.1, 0.15) is 5.41 Å². The topological polar surface area (TPSA) is 70.3 Å². The first-order valence-corrected chi connectivity index (χ1v) is 11.4. The van der Waals surface area contributed by atoms with Crippen molar-refractivity contribution in [2.45, 2.75) is 59.8 Å². The van der Waals surface area contributed by atoms with Crippen LogP contribution in [0, 0.1) is 57.2 Å². The van der Waals surface area contributed by atoms with E-state index in [9.17, 15) is 15.2 Å². The second-order valence-electron chi connectivity index (χ2n) is 10.3. The fourth-order valence-corrected chi connectivity index (χ4v) is 8.08. The molecule has 7 atom stereocenters. The molecule has 0 heterocycles. The summed E-state index contributed by atoms with van der Waals surface area (Å²) in [6.45, 7) is 9.51. The molecule has 0 aromatic heterocycles. The maximum atomic E-state index is 13.2.